The fourth-order valence-corrected chi connectivity index (χ4v) is 12.5. The number of anilines is 6. The predicted molar refractivity (Wildman–Crippen MR) is 391 cm³/mol. The van der Waals surface area contributed by atoms with Gasteiger partial charge in [-0.2, -0.15) is 5.10 Å². The molecule has 0 spiro atoms. The number of H-pyrrole nitrogens is 2. The van der Waals surface area contributed by atoms with Crippen LogP contribution < -0.4 is 49.1 Å². The number of thiazole rings is 1. The Morgan fingerprint density at radius 2 is 0.824 bits per heavy atom. The first kappa shape index (κ1) is 68.0. The number of carbonyl (C=O) groups is 6. The van der Waals surface area contributed by atoms with Crippen molar-refractivity contribution in [3.63, 3.8) is 0 Å². The van der Waals surface area contributed by atoms with Gasteiger partial charge in [0.25, 0.3) is 35.4 Å². The number of nitrogens with two attached hydrogens (primary N) is 3. The quantitative estimate of drug-likeness (QED) is 0.0560. The molecule has 6 aromatic carbocycles. The van der Waals surface area contributed by atoms with Crippen LogP contribution in [0.15, 0.2) is 164 Å². The molecule has 14 N–H and O–H groups in total. The highest BCUT2D eigenvalue weighted by molar-refractivity contribution is 7.22. The van der Waals surface area contributed by atoms with E-state index in [1.165, 1.54) is 29.9 Å². The molecule has 102 heavy (non-hydrogen) atoms. The third-order valence-corrected chi connectivity index (χ3v) is 18.0. The Balaban J connectivity index is 0.000000137. The van der Waals surface area contributed by atoms with Crippen molar-refractivity contribution in [3.05, 3.63) is 198 Å². The van der Waals surface area contributed by atoms with Gasteiger partial charge in [-0.25, -0.2) is 39.9 Å². The molecule has 0 atom stereocenters. The fraction of sp³-hybridized carbons (Fsp3) is 0.208. The van der Waals surface area contributed by atoms with Gasteiger partial charge >= 0.3 is 0 Å². The average molecular weight is 1390 g/mol. The van der Waals surface area contributed by atoms with Gasteiger partial charge in [-0.05, 0) is 112 Å². The number of amides is 6. The molecule has 6 amide bonds. The Hall–Kier alpha value is -12.5. The molecule has 0 radical (unpaired) electrons. The van der Waals surface area contributed by atoms with Crippen LogP contribution in [0.1, 0.15) is 81.8 Å². The van der Waals surface area contributed by atoms with Crippen molar-refractivity contribution in [2.75, 3.05) is 112 Å². The number of hydrogen-bond acceptors (Lipinski definition) is 22. The van der Waals surface area contributed by atoms with E-state index < -0.39 is 17.7 Å². The number of nitrogen functional groups attached to an aromatic ring is 3. The zero-order valence-corrected chi connectivity index (χ0v) is 56.0. The predicted octanol–water partition coefficient (Wildman–Crippen LogP) is 7.60. The second kappa shape index (κ2) is 31.6. The molecule has 3 aliphatic heterocycles. The van der Waals surface area contributed by atoms with Crippen molar-refractivity contribution in [1.29, 1.82) is 0 Å². The summed E-state index contributed by atoms with van der Waals surface area (Å²) in [5.74, 6) is -0.747. The van der Waals surface area contributed by atoms with E-state index in [0.717, 1.165) is 127 Å². The summed E-state index contributed by atoms with van der Waals surface area (Å²) in [6.07, 6.45) is 7.33. The molecule has 3 saturated heterocycles. The van der Waals surface area contributed by atoms with Gasteiger partial charge in [0.1, 0.15) is 0 Å². The van der Waals surface area contributed by atoms with Gasteiger partial charge in [0.05, 0.1) is 62.4 Å². The molecular formula is C72H71N23O6S. The average Bonchev–Trinajstić information content (AvgIpc) is 1.16. The molecule has 30 heteroatoms. The van der Waals surface area contributed by atoms with Crippen LogP contribution in [0.25, 0.3) is 65.9 Å². The maximum Gasteiger partial charge on any atom is 0.280 e. The van der Waals surface area contributed by atoms with E-state index in [1.807, 2.05) is 87.5 Å². The molecule has 0 unspecified atom stereocenters. The van der Waals surface area contributed by atoms with Crippen LogP contribution >= 0.6 is 11.3 Å². The maximum atomic E-state index is 12.9. The minimum absolute atomic E-state index is 0.00167. The molecule has 0 saturated carbocycles. The molecule has 3 fully saturated rings. The number of rotatable bonds is 12. The number of carbonyl (C=O) groups excluding carboxylic acids is 6. The summed E-state index contributed by atoms with van der Waals surface area (Å²) in [5.41, 5.74) is 26.4. The lowest BCUT2D eigenvalue weighted by Gasteiger charge is -2.20. The Kier molecular flexibility index (Phi) is 21.1. The molecule has 516 valence electrons. The summed E-state index contributed by atoms with van der Waals surface area (Å²) >= 11 is 1.37. The smallest absolute Gasteiger partial charge is 0.280 e. The first-order valence-electron chi connectivity index (χ1n) is 33.1. The van der Waals surface area contributed by atoms with Crippen LogP contribution in [0.5, 0.6) is 0 Å². The number of fused-ring (bicyclic) bond motifs is 3. The lowest BCUT2D eigenvalue weighted by Crippen LogP contribution is -2.34. The second-order valence-corrected chi connectivity index (χ2v) is 25.0. The Bertz CT molecular complexity index is 4740. The number of benzene rings is 6. The van der Waals surface area contributed by atoms with Crippen LogP contribution in [-0.2, 0) is 0 Å². The van der Waals surface area contributed by atoms with Crippen LogP contribution in [0.4, 0.5) is 34.4 Å². The van der Waals surface area contributed by atoms with Gasteiger partial charge in [0.2, 0.25) is 5.95 Å². The zero-order chi connectivity index (χ0) is 70.5. The highest BCUT2D eigenvalue weighted by Crippen LogP contribution is 2.29. The molecule has 0 aliphatic carbocycles. The monoisotopic (exact) mass is 1390 g/mol. The molecule has 15 rings (SSSR count). The second-order valence-electron chi connectivity index (χ2n) is 24.0. The first-order valence-corrected chi connectivity index (χ1v) is 33.9. The van der Waals surface area contributed by atoms with Crippen LogP contribution in [0, 0.1) is 0 Å². The Morgan fingerprint density at radius 3 is 1.28 bits per heavy atom. The van der Waals surface area contributed by atoms with E-state index >= 15 is 0 Å². The lowest BCUT2D eigenvalue weighted by molar-refractivity contribution is 0.0759. The highest BCUT2D eigenvalue weighted by Gasteiger charge is 2.24. The van der Waals surface area contributed by atoms with E-state index in [4.69, 9.17) is 17.2 Å². The minimum atomic E-state index is -0.521. The van der Waals surface area contributed by atoms with Crippen molar-refractivity contribution in [2.45, 2.75) is 19.3 Å². The largest absolute Gasteiger partial charge is 0.382 e. The van der Waals surface area contributed by atoms with E-state index in [1.54, 1.807) is 72.8 Å². The number of nitrogens with zero attached hydrogens (tertiary/aromatic N) is 12. The van der Waals surface area contributed by atoms with E-state index in [0.29, 0.717) is 70.3 Å². The van der Waals surface area contributed by atoms with Crippen molar-refractivity contribution < 1.29 is 28.8 Å². The number of nitrogens with one attached hydrogen (secondary N) is 8. The van der Waals surface area contributed by atoms with Crippen LogP contribution in [0.2, 0.25) is 0 Å². The summed E-state index contributed by atoms with van der Waals surface area (Å²) in [7, 11) is 0. The third-order valence-electron chi connectivity index (χ3n) is 17.1. The van der Waals surface area contributed by atoms with Crippen molar-refractivity contribution in [2.24, 2.45) is 0 Å². The molecule has 0 bridgehead atoms. The van der Waals surface area contributed by atoms with Gasteiger partial charge in [0.15, 0.2) is 45.5 Å². The number of imidazole rings is 1. The molecular weight excluding hydrogens is 1320 g/mol. The van der Waals surface area contributed by atoms with Crippen molar-refractivity contribution in [3.8, 4) is 33.8 Å². The number of aromatic amines is 2. The summed E-state index contributed by atoms with van der Waals surface area (Å²) < 4.78 is 0.969. The molecule has 29 nitrogen and oxygen atoms in total. The standard InChI is InChI=1S/2C24H24N8O2.C24H23N7O2S/c25-21-20(22(33)31-24-29-17-4-1-2-5-18(17)30-24)28-19(14-27-21)15-6-8-16(9-7-15)23(34)32-12-3-10-26-11-13-32;25-21-20(23(33)29-22-17-4-1-2-5-18(17)30-31-22)28-19(14-27-21)15-6-8-16(9-7-15)24(34)32-12-3-10-26-11-13-32;25-21-20(22(32)30-24-29-17-4-1-2-5-19(17)34-24)28-18(14-27-21)15-6-8-16(9-7-15)23(33)31-12-3-10-26-11-13-31/h2*1-2,4-9,14,26H,3,10-13H2,(H2,25,27)(H2,29,30,31,33);1-2,4-9,14,26H,3,10-13H2,(H2,25,27)(H,29,30,32). The van der Waals surface area contributed by atoms with Gasteiger partial charge in [0, 0.05) is 97.7 Å². The van der Waals surface area contributed by atoms with E-state index in [2.05, 4.69) is 87.0 Å². The topological polar surface area (TPSA) is 410 Å². The minimum Gasteiger partial charge on any atom is -0.382 e. The van der Waals surface area contributed by atoms with Gasteiger partial charge in [-0.3, -0.25) is 44.5 Å². The fourth-order valence-electron chi connectivity index (χ4n) is 11.6. The SMILES string of the molecule is Nc1ncc(-c2ccc(C(=O)N3CCCNCC3)cc2)nc1C(=O)Nc1n[nH]c2ccccc12.Nc1ncc(-c2ccc(C(=O)N3CCCNCC3)cc2)nc1C(=O)Nc1nc2ccccc2[nH]1.Nc1ncc(-c2ccc(C(=O)N3CCCNCC3)cc2)nc1C(=O)Nc1nc2ccccc2s1. The number of aromatic nitrogens is 11. The Morgan fingerprint density at radius 1 is 0.412 bits per heavy atom. The summed E-state index contributed by atoms with van der Waals surface area (Å²) in [6.45, 7) is 9.44. The maximum absolute atomic E-state index is 12.9. The lowest BCUT2D eigenvalue weighted by atomic mass is 10.1. The van der Waals surface area contributed by atoms with Gasteiger partial charge in [-0.15, -0.1) is 0 Å². The first-order chi connectivity index (χ1) is 49.8. The molecule has 3 aliphatic rings. The molecule has 6 aromatic heterocycles. The van der Waals surface area contributed by atoms with Crippen LogP contribution in [0.3, 0.4) is 0 Å². The highest BCUT2D eigenvalue weighted by atomic mass is 32.1. The van der Waals surface area contributed by atoms with Gasteiger partial charge < -0.3 is 58.2 Å². The van der Waals surface area contributed by atoms with Crippen molar-refractivity contribution in [1.82, 2.24) is 85.7 Å². The van der Waals surface area contributed by atoms with Crippen molar-refractivity contribution >= 4 is 113 Å². The number of para-hydroxylation sites is 4. The van der Waals surface area contributed by atoms with E-state index in [9.17, 15) is 28.8 Å². The number of hydrogen-bond donors (Lipinski definition) is 11. The summed E-state index contributed by atoms with van der Waals surface area (Å²) in [4.78, 5) is 120. The summed E-state index contributed by atoms with van der Waals surface area (Å²) in [5, 5.41) is 26.4. The Labute approximate surface area is 587 Å². The van der Waals surface area contributed by atoms with Crippen LogP contribution in [-0.4, -0.2) is 184 Å². The van der Waals surface area contributed by atoms with Gasteiger partial charge in [-0.1, -0.05) is 84.1 Å². The molecule has 9 heterocycles. The normalized spacial score (nSPS) is 14.1. The molecule has 12 aromatic rings. The summed E-state index contributed by atoms with van der Waals surface area (Å²) in [6, 6.07) is 44.0. The van der Waals surface area contributed by atoms with E-state index in [-0.39, 0.29) is 52.3 Å². The zero-order valence-electron chi connectivity index (χ0n) is 55.2. The third kappa shape index (κ3) is 16.1.